The molecule has 1 aromatic carbocycles. The number of rotatable bonds is 5. The summed E-state index contributed by atoms with van der Waals surface area (Å²) < 4.78 is 18.1. The van der Waals surface area contributed by atoms with Gasteiger partial charge in [0.25, 0.3) is 0 Å². The maximum absolute atomic E-state index is 12.7. The van der Waals surface area contributed by atoms with Gasteiger partial charge >= 0.3 is 0 Å². The summed E-state index contributed by atoms with van der Waals surface area (Å²) in [5.74, 6) is 1.18. The fraction of sp³-hybridized carbons (Fsp3) is 0.154. The van der Waals surface area contributed by atoms with Gasteiger partial charge in [0.1, 0.15) is 11.6 Å². The van der Waals surface area contributed by atoms with Gasteiger partial charge in [0.2, 0.25) is 0 Å². The minimum atomic E-state index is -0.262. The van der Waals surface area contributed by atoms with E-state index in [1.54, 1.807) is 36.2 Å². The standard InChI is InChI=1S/C13H11ClFNOS/c14-10-1-6-13(16-9-10)18-8-7-17-12-4-2-11(15)3-5-12/h1-6,9H,7-8H2. The lowest BCUT2D eigenvalue weighted by atomic mass is 10.3. The topological polar surface area (TPSA) is 22.1 Å². The van der Waals surface area contributed by atoms with Crippen LogP contribution >= 0.6 is 23.4 Å². The summed E-state index contributed by atoms with van der Waals surface area (Å²) >= 11 is 7.32. The molecule has 0 spiro atoms. The average molecular weight is 284 g/mol. The number of aromatic nitrogens is 1. The molecular formula is C13H11ClFNOS. The molecule has 0 aliphatic heterocycles. The second-order valence-electron chi connectivity index (χ2n) is 3.47. The number of ether oxygens (including phenoxy) is 1. The Balaban J connectivity index is 1.73. The Bertz CT molecular complexity index is 442. The van der Waals surface area contributed by atoms with Crippen LogP contribution in [0.25, 0.3) is 0 Å². The highest BCUT2D eigenvalue weighted by Gasteiger charge is 1.98. The molecule has 5 heteroatoms. The van der Waals surface area contributed by atoms with Crippen LogP contribution in [0, 0.1) is 5.82 Å². The Morgan fingerprint density at radius 3 is 2.61 bits per heavy atom. The normalized spacial score (nSPS) is 10.3. The first kappa shape index (κ1) is 13.2. The molecule has 0 N–H and O–H groups in total. The molecule has 0 saturated heterocycles. The number of pyridine rings is 1. The van der Waals surface area contributed by atoms with Crippen molar-refractivity contribution in [1.82, 2.24) is 4.98 Å². The Hall–Kier alpha value is -1.26. The van der Waals surface area contributed by atoms with Crippen molar-refractivity contribution in [2.24, 2.45) is 0 Å². The van der Waals surface area contributed by atoms with E-state index >= 15 is 0 Å². The smallest absolute Gasteiger partial charge is 0.123 e. The zero-order chi connectivity index (χ0) is 12.8. The minimum absolute atomic E-state index is 0.262. The highest BCUT2D eigenvalue weighted by Crippen LogP contribution is 2.17. The van der Waals surface area contributed by atoms with Crippen molar-refractivity contribution in [3.63, 3.8) is 0 Å². The lowest BCUT2D eigenvalue weighted by Gasteiger charge is -2.05. The molecule has 0 bridgehead atoms. The van der Waals surface area contributed by atoms with Crippen LogP contribution < -0.4 is 4.74 Å². The lowest BCUT2D eigenvalue weighted by Crippen LogP contribution is -2.00. The lowest BCUT2D eigenvalue weighted by molar-refractivity contribution is 0.343. The summed E-state index contributed by atoms with van der Waals surface area (Å²) in [7, 11) is 0. The summed E-state index contributed by atoms with van der Waals surface area (Å²) in [6.07, 6.45) is 1.62. The number of hydrogen-bond donors (Lipinski definition) is 0. The molecule has 0 radical (unpaired) electrons. The van der Waals surface area contributed by atoms with E-state index in [1.807, 2.05) is 6.07 Å². The van der Waals surface area contributed by atoms with E-state index in [-0.39, 0.29) is 5.82 Å². The van der Waals surface area contributed by atoms with Crippen molar-refractivity contribution in [3.8, 4) is 5.75 Å². The molecule has 0 amide bonds. The third kappa shape index (κ3) is 4.20. The van der Waals surface area contributed by atoms with Gasteiger partial charge in [-0.05, 0) is 36.4 Å². The molecule has 0 atom stereocenters. The Kier molecular flexibility index (Phi) is 4.84. The average Bonchev–Trinajstić information content (AvgIpc) is 2.39. The summed E-state index contributed by atoms with van der Waals surface area (Å²) in [5.41, 5.74) is 0. The quantitative estimate of drug-likeness (QED) is 0.611. The van der Waals surface area contributed by atoms with Gasteiger partial charge in [-0.2, -0.15) is 0 Å². The van der Waals surface area contributed by atoms with Gasteiger partial charge in [-0.3, -0.25) is 0 Å². The predicted molar refractivity (Wildman–Crippen MR) is 71.9 cm³/mol. The molecule has 1 aromatic heterocycles. The fourth-order valence-corrected chi connectivity index (χ4v) is 2.06. The highest BCUT2D eigenvalue weighted by molar-refractivity contribution is 7.99. The molecule has 0 fully saturated rings. The molecule has 1 heterocycles. The monoisotopic (exact) mass is 283 g/mol. The van der Waals surface area contributed by atoms with E-state index in [0.717, 1.165) is 10.8 Å². The van der Waals surface area contributed by atoms with E-state index in [2.05, 4.69) is 4.98 Å². The molecule has 0 aliphatic carbocycles. The number of benzene rings is 1. The fourth-order valence-electron chi connectivity index (χ4n) is 1.28. The second-order valence-corrected chi connectivity index (χ2v) is 5.02. The van der Waals surface area contributed by atoms with Crippen LogP contribution in [0.3, 0.4) is 0 Å². The number of nitrogens with zero attached hydrogens (tertiary/aromatic N) is 1. The van der Waals surface area contributed by atoms with Gasteiger partial charge in [-0.1, -0.05) is 11.6 Å². The molecule has 2 nitrogen and oxygen atoms in total. The number of hydrogen-bond acceptors (Lipinski definition) is 3. The van der Waals surface area contributed by atoms with Gasteiger partial charge in [-0.15, -0.1) is 11.8 Å². The zero-order valence-corrected chi connectivity index (χ0v) is 11.0. The molecule has 0 aliphatic rings. The summed E-state index contributed by atoms with van der Waals surface area (Å²) in [4.78, 5) is 4.16. The van der Waals surface area contributed by atoms with Crippen molar-refractivity contribution in [3.05, 3.63) is 53.4 Å². The highest BCUT2D eigenvalue weighted by atomic mass is 35.5. The first-order chi connectivity index (χ1) is 8.74. The molecule has 18 heavy (non-hydrogen) atoms. The van der Waals surface area contributed by atoms with Gasteiger partial charge in [0.05, 0.1) is 16.7 Å². The molecular weight excluding hydrogens is 273 g/mol. The van der Waals surface area contributed by atoms with Gasteiger partial charge in [0.15, 0.2) is 0 Å². The van der Waals surface area contributed by atoms with E-state index in [4.69, 9.17) is 16.3 Å². The van der Waals surface area contributed by atoms with E-state index in [1.165, 1.54) is 12.1 Å². The van der Waals surface area contributed by atoms with Crippen molar-refractivity contribution < 1.29 is 9.13 Å². The van der Waals surface area contributed by atoms with Crippen LogP contribution in [-0.2, 0) is 0 Å². The molecule has 2 aromatic rings. The van der Waals surface area contributed by atoms with Crippen molar-refractivity contribution in [2.45, 2.75) is 5.03 Å². The van der Waals surface area contributed by atoms with E-state index in [0.29, 0.717) is 17.4 Å². The van der Waals surface area contributed by atoms with Crippen LogP contribution in [0.1, 0.15) is 0 Å². The SMILES string of the molecule is Fc1ccc(OCCSc2ccc(Cl)cn2)cc1. The minimum Gasteiger partial charge on any atom is -0.493 e. The largest absolute Gasteiger partial charge is 0.493 e. The third-order valence-corrected chi connectivity index (χ3v) is 3.25. The maximum atomic E-state index is 12.7. The van der Waals surface area contributed by atoms with Crippen molar-refractivity contribution >= 4 is 23.4 Å². The van der Waals surface area contributed by atoms with Gasteiger partial charge < -0.3 is 4.74 Å². The molecule has 0 saturated carbocycles. The third-order valence-electron chi connectivity index (χ3n) is 2.12. The van der Waals surface area contributed by atoms with Crippen LogP contribution in [0.15, 0.2) is 47.6 Å². The summed E-state index contributed by atoms with van der Waals surface area (Å²) in [6.45, 7) is 0.542. The van der Waals surface area contributed by atoms with Crippen molar-refractivity contribution in [1.29, 1.82) is 0 Å². The van der Waals surface area contributed by atoms with Crippen LogP contribution in [0.4, 0.5) is 4.39 Å². The molecule has 94 valence electrons. The van der Waals surface area contributed by atoms with Gasteiger partial charge in [-0.25, -0.2) is 9.37 Å². The molecule has 0 unspecified atom stereocenters. The van der Waals surface area contributed by atoms with Crippen LogP contribution in [0.2, 0.25) is 5.02 Å². The Labute approximate surface area is 114 Å². The van der Waals surface area contributed by atoms with Crippen LogP contribution in [0.5, 0.6) is 5.75 Å². The van der Waals surface area contributed by atoms with E-state index < -0.39 is 0 Å². The van der Waals surface area contributed by atoms with E-state index in [9.17, 15) is 4.39 Å². The first-order valence-electron chi connectivity index (χ1n) is 5.37. The van der Waals surface area contributed by atoms with Crippen LogP contribution in [-0.4, -0.2) is 17.3 Å². The summed E-state index contributed by atoms with van der Waals surface area (Å²) in [6, 6.07) is 9.65. The first-order valence-corrected chi connectivity index (χ1v) is 6.73. The second kappa shape index (κ2) is 6.61. The van der Waals surface area contributed by atoms with Crippen molar-refractivity contribution in [2.75, 3.05) is 12.4 Å². The maximum Gasteiger partial charge on any atom is 0.123 e. The number of thioether (sulfide) groups is 1. The predicted octanol–water partition coefficient (Wildman–Crippen LogP) is 4.05. The Morgan fingerprint density at radius 2 is 1.94 bits per heavy atom. The Morgan fingerprint density at radius 1 is 1.17 bits per heavy atom. The summed E-state index contributed by atoms with van der Waals surface area (Å²) in [5, 5.41) is 1.53. The number of halogens is 2. The van der Waals surface area contributed by atoms with Gasteiger partial charge in [0, 0.05) is 11.9 Å². The molecule has 2 rings (SSSR count). The zero-order valence-electron chi connectivity index (χ0n) is 9.48.